The molecule has 0 radical (unpaired) electrons. The van der Waals surface area contributed by atoms with Gasteiger partial charge in [0.15, 0.2) is 0 Å². The molecule has 0 spiro atoms. The van der Waals surface area contributed by atoms with Crippen LogP contribution in [0.1, 0.15) is 58.8 Å². The van der Waals surface area contributed by atoms with E-state index in [1.807, 2.05) is 19.3 Å². The standard InChI is InChI=1S/C24H37N5O4S/c1-24(2,13-18-5-4-11-25-14-18)23(30)33-34(31,32)15-17-6-8-19(9-7-17)29(3)22-20-10-12-26-21(20)27-16-28-22/h10,12,16-19,25H,4-9,11,13-15H2,1-3H3,(H,26,27,28)/t17?,18-,19?/m1/s1. The number of hydrogen-bond acceptors (Lipinski definition) is 8. The molecule has 34 heavy (non-hydrogen) atoms. The molecule has 0 unspecified atom stereocenters. The second-order valence-electron chi connectivity index (χ2n) is 10.6. The van der Waals surface area contributed by atoms with Gasteiger partial charge in [-0.3, -0.25) is 4.79 Å². The number of hydrogen-bond donors (Lipinski definition) is 2. The van der Waals surface area contributed by atoms with E-state index >= 15 is 0 Å². The van der Waals surface area contributed by atoms with Crippen LogP contribution in [0.3, 0.4) is 0 Å². The third-order valence-electron chi connectivity index (χ3n) is 7.42. The van der Waals surface area contributed by atoms with Gasteiger partial charge in [0.2, 0.25) is 0 Å². The lowest BCUT2D eigenvalue weighted by Crippen LogP contribution is -2.38. The Labute approximate surface area is 202 Å². The van der Waals surface area contributed by atoms with Crippen LogP contribution in [0, 0.1) is 17.3 Å². The smallest absolute Gasteiger partial charge is 0.327 e. The fraction of sp³-hybridized carbons (Fsp3) is 0.708. The van der Waals surface area contributed by atoms with Crippen molar-refractivity contribution in [2.45, 2.75) is 64.8 Å². The summed E-state index contributed by atoms with van der Waals surface area (Å²) in [6, 6.07) is 2.25. The predicted octanol–water partition coefficient (Wildman–Crippen LogP) is 3.24. The van der Waals surface area contributed by atoms with Gasteiger partial charge in [-0.15, -0.1) is 0 Å². The highest BCUT2D eigenvalue weighted by Crippen LogP contribution is 2.34. The van der Waals surface area contributed by atoms with Crippen LogP contribution in [0.15, 0.2) is 18.6 Å². The van der Waals surface area contributed by atoms with Crippen molar-refractivity contribution in [1.29, 1.82) is 0 Å². The first-order valence-electron chi connectivity index (χ1n) is 12.3. The molecule has 1 aliphatic carbocycles. The third-order valence-corrected chi connectivity index (χ3v) is 8.71. The third kappa shape index (κ3) is 5.89. The number of anilines is 1. The zero-order valence-electron chi connectivity index (χ0n) is 20.4. The topological polar surface area (TPSA) is 117 Å². The van der Waals surface area contributed by atoms with E-state index in [4.69, 9.17) is 4.18 Å². The van der Waals surface area contributed by atoms with Crippen LogP contribution in [0.25, 0.3) is 11.0 Å². The number of nitrogens with zero attached hydrogens (tertiary/aromatic N) is 3. The largest absolute Gasteiger partial charge is 0.356 e. The Morgan fingerprint density at radius 3 is 2.65 bits per heavy atom. The lowest BCUT2D eigenvalue weighted by atomic mass is 9.80. The lowest BCUT2D eigenvalue weighted by Gasteiger charge is -2.35. The average molecular weight is 492 g/mol. The summed E-state index contributed by atoms with van der Waals surface area (Å²) in [6.45, 7) is 5.44. The summed E-state index contributed by atoms with van der Waals surface area (Å²) in [6.07, 6.45) is 9.44. The lowest BCUT2D eigenvalue weighted by molar-refractivity contribution is -0.144. The second-order valence-corrected chi connectivity index (χ2v) is 12.2. The minimum absolute atomic E-state index is 0.00853. The quantitative estimate of drug-likeness (QED) is 0.541. The normalized spacial score (nSPS) is 24.1. The highest BCUT2D eigenvalue weighted by atomic mass is 32.2. The molecule has 1 saturated carbocycles. The van der Waals surface area contributed by atoms with E-state index in [1.54, 1.807) is 20.2 Å². The maximum atomic E-state index is 12.7. The highest BCUT2D eigenvalue weighted by Gasteiger charge is 2.37. The highest BCUT2D eigenvalue weighted by molar-refractivity contribution is 7.87. The van der Waals surface area contributed by atoms with E-state index in [0.29, 0.717) is 12.3 Å². The van der Waals surface area contributed by atoms with Crippen molar-refractivity contribution in [1.82, 2.24) is 20.3 Å². The van der Waals surface area contributed by atoms with E-state index in [0.717, 1.165) is 68.5 Å². The minimum Gasteiger partial charge on any atom is -0.356 e. The molecule has 2 aromatic heterocycles. The number of nitrogens with one attached hydrogen (secondary N) is 2. The number of piperidine rings is 1. The number of rotatable bonds is 8. The van der Waals surface area contributed by atoms with E-state index < -0.39 is 21.5 Å². The van der Waals surface area contributed by atoms with Gasteiger partial charge in [0.1, 0.15) is 17.8 Å². The van der Waals surface area contributed by atoms with Crippen LogP contribution in [0.2, 0.25) is 0 Å². The van der Waals surface area contributed by atoms with Gasteiger partial charge in [-0.2, -0.15) is 8.42 Å². The van der Waals surface area contributed by atoms with Gasteiger partial charge in [0, 0.05) is 19.3 Å². The summed E-state index contributed by atoms with van der Waals surface area (Å²) >= 11 is 0. The SMILES string of the molecule is CN(c1ncnc2[nH]ccc12)C1CCC(CS(=O)(=O)OC(=O)C(C)(C)C[C@H]2CCCNC2)CC1. The first-order valence-corrected chi connectivity index (χ1v) is 13.9. The van der Waals surface area contributed by atoms with E-state index in [1.165, 1.54) is 0 Å². The summed E-state index contributed by atoms with van der Waals surface area (Å²) in [5, 5.41) is 4.33. The van der Waals surface area contributed by atoms with Gasteiger partial charge in [-0.05, 0) is 89.8 Å². The number of fused-ring (bicyclic) bond motifs is 1. The zero-order valence-corrected chi connectivity index (χ0v) is 21.2. The van der Waals surface area contributed by atoms with Crippen molar-refractivity contribution in [2.24, 2.45) is 17.3 Å². The molecular formula is C24H37N5O4S. The molecule has 0 aromatic carbocycles. The Morgan fingerprint density at radius 1 is 1.18 bits per heavy atom. The molecule has 3 heterocycles. The summed E-state index contributed by atoms with van der Waals surface area (Å²) in [5.41, 5.74) is -0.0146. The van der Waals surface area contributed by atoms with Gasteiger partial charge in [-0.25, -0.2) is 9.97 Å². The van der Waals surface area contributed by atoms with Crippen LogP contribution in [0.5, 0.6) is 0 Å². The summed E-state index contributed by atoms with van der Waals surface area (Å²) in [4.78, 5) is 26.7. The van der Waals surface area contributed by atoms with Crippen molar-refractivity contribution in [3.05, 3.63) is 18.6 Å². The fourth-order valence-electron chi connectivity index (χ4n) is 5.47. The van der Waals surface area contributed by atoms with Crippen LogP contribution < -0.4 is 10.2 Å². The molecule has 2 aromatic rings. The Balaban J connectivity index is 1.29. The van der Waals surface area contributed by atoms with Crippen molar-refractivity contribution in [2.75, 3.05) is 30.8 Å². The van der Waals surface area contributed by atoms with Crippen LogP contribution in [0.4, 0.5) is 5.82 Å². The summed E-state index contributed by atoms with van der Waals surface area (Å²) in [5.74, 6) is 0.503. The zero-order chi connectivity index (χ0) is 24.3. The first kappa shape index (κ1) is 24.9. The molecule has 1 saturated heterocycles. The van der Waals surface area contributed by atoms with Crippen LogP contribution in [-0.2, 0) is 19.1 Å². The van der Waals surface area contributed by atoms with E-state index in [2.05, 4.69) is 25.2 Å². The monoisotopic (exact) mass is 491 g/mol. The maximum absolute atomic E-state index is 12.7. The van der Waals surface area contributed by atoms with Crippen molar-refractivity contribution in [3.8, 4) is 0 Å². The van der Waals surface area contributed by atoms with Crippen LogP contribution >= 0.6 is 0 Å². The Morgan fingerprint density at radius 2 is 1.94 bits per heavy atom. The minimum atomic E-state index is -3.92. The number of carbonyl (C=O) groups excluding carboxylic acids is 1. The van der Waals surface area contributed by atoms with Crippen molar-refractivity contribution >= 4 is 32.9 Å². The van der Waals surface area contributed by atoms with Gasteiger partial charge >= 0.3 is 16.1 Å². The first-order chi connectivity index (χ1) is 16.1. The van der Waals surface area contributed by atoms with Crippen LogP contribution in [-0.4, -0.2) is 61.3 Å². The maximum Gasteiger partial charge on any atom is 0.327 e. The van der Waals surface area contributed by atoms with E-state index in [9.17, 15) is 13.2 Å². The van der Waals surface area contributed by atoms with Gasteiger partial charge in [-0.1, -0.05) is 0 Å². The summed E-state index contributed by atoms with van der Waals surface area (Å²) in [7, 11) is -1.89. The predicted molar refractivity (Wildman–Crippen MR) is 132 cm³/mol. The molecule has 0 bridgehead atoms. The molecule has 188 valence electrons. The van der Waals surface area contributed by atoms with Crippen molar-refractivity contribution in [3.63, 3.8) is 0 Å². The Hall–Kier alpha value is -2.20. The average Bonchev–Trinajstić information content (AvgIpc) is 3.28. The molecule has 1 atom stereocenters. The van der Waals surface area contributed by atoms with Gasteiger partial charge < -0.3 is 19.4 Å². The van der Waals surface area contributed by atoms with Gasteiger partial charge in [0.25, 0.3) is 0 Å². The molecule has 10 heteroatoms. The number of carbonyl (C=O) groups is 1. The number of H-pyrrole nitrogens is 1. The molecule has 2 N–H and O–H groups in total. The molecule has 0 amide bonds. The molecule has 9 nitrogen and oxygen atoms in total. The summed E-state index contributed by atoms with van der Waals surface area (Å²) < 4.78 is 30.5. The molecule has 2 fully saturated rings. The second kappa shape index (κ2) is 10.2. The fourth-order valence-corrected chi connectivity index (χ4v) is 6.90. The molecule has 2 aliphatic rings. The molecule has 4 rings (SSSR count). The van der Waals surface area contributed by atoms with E-state index in [-0.39, 0.29) is 17.7 Å². The Kier molecular flexibility index (Phi) is 7.47. The molecular weight excluding hydrogens is 454 g/mol. The Bertz CT molecular complexity index is 1090. The number of aromatic nitrogens is 3. The van der Waals surface area contributed by atoms with Gasteiger partial charge in [0.05, 0.1) is 16.6 Å². The molecule has 1 aliphatic heterocycles. The number of aromatic amines is 1. The van der Waals surface area contributed by atoms with Crippen molar-refractivity contribution < 1.29 is 17.4 Å².